The normalized spacial score (nSPS) is 10.8. The lowest BCUT2D eigenvalue weighted by atomic mass is 10.1. The third-order valence-corrected chi connectivity index (χ3v) is 6.34. The maximum Gasteiger partial charge on any atom is 0.230 e. The number of nitrogens with zero attached hydrogens (tertiary/aromatic N) is 1. The Morgan fingerprint density at radius 3 is 2.85 bits per heavy atom. The quantitative estimate of drug-likeness (QED) is 0.495. The number of nitrogens with one attached hydrogen (secondary N) is 1. The molecule has 0 unspecified atom stereocenters. The number of halogens is 2. The first-order valence-electron chi connectivity index (χ1n) is 8.29. The van der Waals surface area contributed by atoms with Gasteiger partial charge in [-0.15, -0.1) is 11.3 Å². The van der Waals surface area contributed by atoms with Crippen LogP contribution < -0.4 is 5.32 Å². The van der Waals surface area contributed by atoms with Crippen LogP contribution in [0.4, 0.5) is 10.1 Å². The molecule has 27 heavy (non-hydrogen) atoms. The van der Waals surface area contributed by atoms with Crippen molar-refractivity contribution in [2.24, 2.45) is 0 Å². The number of thiazole rings is 1. The fourth-order valence-corrected chi connectivity index (χ4v) is 4.56. The number of rotatable bonds is 6. The van der Waals surface area contributed by atoms with Gasteiger partial charge in [-0.3, -0.25) is 4.79 Å². The number of hydrogen-bond acceptors (Lipinski definition) is 4. The van der Waals surface area contributed by atoms with Crippen molar-refractivity contribution in [1.82, 2.24) is 4.98 Å². The topological polar surface area (TPSA) is 42.0 Å². The van der Waals surface area contributed by atoms with E-state index in [0.29, 0.717) is 11.4 Å². The zero-order chi connectivity index (χ0) is 19.4. The Bertz CT molecular complexity index is 974. The summed E-state index contributed by atoms with van der Waals surface area (Å²) in [5, 5.41) is 4.58. The molecule has 0 aliphatic heterocycles. The summed E-state index contributed by atoms with van der Waals surface area (Å²) < 4.78 is 14.1. The number of hydrogen-bond donors (Lipinski definition) is 1. The molecule has 7 heteroatoms. The molecule has 2 aromatic carbocycles. The van der Waals surface area contributed by atoms with Crippen LogP contribution in [-0.2, 0) is 17.0 Å². The van der Waals surface area contributed by atoms with E-state index in [4.69, 9.17) is 11.6 Å². The maximum absolute atomic E-state index is 13.2. The van der Waals surface area contributed by atoms with E-state index in [-0.39, 0.29) is 17.4 Å². The van der Waals surface area contributed by atoms with E-state index in [1.165, 1.54) is 46.2 Å². The van der Waals surface area contributed by atoms with E-state index >= 15 is 0 Å². The fourth-order valence-electron chi connectivity index (χ4n) is 2.47. The molecule has 0 fully saturated rings. The van der Waals surface area contributed by atoms with Crippen LogP contribution in [0.15, 0.2) is 46.1 Å². The van der Waals surface area contributed by atoms with Gasteiger partial charge in [0.1, 0.15) is 10.2 Å². The predicted octanol–water partition coefficient (Wildman–Crippen LogP) is 6.03. The number of carbonyl (C=O) groups excluding carboxylic acids is 1. The van der Waals surface area contributed by atoms with Gasteiger partial charge in [0.15, 0.2) is 0 Å². The van der Waals surface area contributed by atoms with E-state index < -0.39 is 5.82 Å². The molecule has 3 rings (SSSR count). The van der Waals surface area contributed by atoms with Crippen LogP contribution in [-0.4, -0.2) is 10.9 Å². The van der Waals surface area contributed by atoms with Gasteiger partial charge in [-0.2, -0.15) is 0 Å². The second-order valence-electron chi connectivity index (χ2n) is 6.18. The van der Waals surface area contributed by atoms with Gasteiger partial charge >= 0.3 is 0 Å². The van der Waals surface area contributed by atoms with Crippen LogP contribution in [0.5, 0.6) is 0 Å². The minimum absolute atomic E-state index is 0.0217. The third-order valence-electron chi connectivity index (χ3n) is 3.93. The Hall–Kier alpha value is -1.89. The second-order valence-corrected chi connectivity index (χ2v) is 8.66. The predicted molar refractivity (Wildman–Crippen MR) is 111 cm³/mol. The zero-order valence-electron chi connectivity index (χ0n) is 14.9. The second kappa shape index (κ2) is 8.87. The summed E-state index contributed by atoms with van der Waals surface area (Å²) in [7, 11) is 0. The molecule has 0 aliphatic rings. The van der Waals surface area contributed by atoms with Crippen molar-refractivity contribution in [3.63, 3.8) is 0 Å². The summed E-state index contributed by atoms with van der Waals surface area (Å²) in [6, 6.07) is 10.5. The standard InChI is InChI=1S/C20H18ClFN2OS2/c1-12-3-4-13(2)14(7-12)10-26-20-24-16(11-27-20)9-19(25)23-15-5-6-18(22)17(21)8-15/h3-8,11H,9-10H2,1-2H3,(H,23,25). The molecule has 0 aliphatic carbocycles. The molecule has 1 N–H and O–H groups in total. The number of anilines is 1. The first kappa shape index (κ1) is 19.9. The van der Waals surface area contributed by atoms with Crippen molar-refractivity contribution in [3.05, 3.63) is 75.0 Å². The average molecular weight is 421 g/mol. The van der Waals surface area contributed by atoms with Gasteiger partial charge in [0.05, 0.1) is 17.1 Å². The Morgan fingerprint density at radius 2 is 2.07 bits per heavy atom. The smallest absolute Gasteiger partial charge is 0.230 e. The first-order chi connectivity index (χ1) is 12.9. The van der Waals surface area contributed by atoms with Gasteiger partial charge in [-0.1, -0.05) is 47.1 Å². The highest BCUT2D eigenvalue weighted by Crippen LogP contribution is 2.28. The van der Waals surface area contributed by atoms with Gasteiger partial charge in [-0.05, 0) is 43.2 Å². The van der Waals surface area contributed by atoms with E-state index in [1.54, 1.807) is 11.8 Å². The molecular weight excluding hydrogens is 403 g/mol. The molecule has 0 saturated heterocycles. The molecule has 0 saturated carbocycles. The number of aromatic nitrogens is 1. The van der Waals surface area contributed by atoms with Gasteiger partial charge in [-0.25, -0.2) is 9.37 Å². The van der Waals surface area contributed by atoms with Gasteiger partial charge in [0.2, 0.25) is 5.91 Å². The number of thioether (sulfide) groups is 1. The van der Waals surface area contributed by atoms with Crippen molar-refractivity contribution in [2.45, 2.75) is 30.4 Å². The summed E-state index contributed by atoms with van der Waals surface area (Å²) in [4.78, 5) is 16.7. The monoisotopic (exact) mass is 420 g/mol. The number of benzene rings is 2. The first-order valence-corrected chi connectivity index (χ1v) is 10.5. The molecule has 1 aromatic heterocycles. The van der Waals surface area contributed by atoms with E-state index in [1.807, 2.05) is 5.38 Å². The van der Waals surface area contributed by atoms with Crippen LogP contribution >= 0.6 is 34.7 Å². The SMILES string of the molecule is Cc1ccc(C)c(CSc2nc(CC(=O)Nc3ccc(F)c(Cl)c3)cs2)c1. The Morgan fingerprint density at radius 1 is 1.26 bits per heavy atom. The fraction of sp³-hybridized carbons (Fsp3) is 0.200. The Labute approximate surface area is 171 Å². The molecule has 0 radical (unpaired) electrons. The lowest BCUT2D eigenvalue weighted by Crippen LogP contribution is -2.14. The molecule has 3 aromatic rings. The Kier molecular flexibility index (Phi) is 6.52. The highest BCUT2D eigenvalue weighted by atomic mass is 35.5. The zero-order valence-corrected chi connectivity index (χ0v) is 17.3. The van der Waals surface area contributed by atoms with Crippen LogP contribution in [0.25, 0.3) is 0 Å². The van der Waals surface area contributed by atoms with Crippen molar-refractivity contribution in [1.29, 1.82) is 0 Å². The van der Waals surface area contributed by atoms with Gasteiger partial charge in [0.25, 0.3) is 0 Å². The van der Waals surface area contributed by atoms with Crippen molar-refractivity contribution < 1.29 is 9.18 Å². The molecule has 0 spiro atoms. The maximum atomic E-state index is 13.2. The van der Waals surface area contributed by atoms with Crippen molar-refractivity contribution in [3.8, 4) is 0 Å². The molecule has 0 bridgehead atoms. The summed E-state index contributed by atoms with van der Waals surface area (Å²) in [5.74, 6) is 0.120. The molecule has 1 heterocycles. The summed E-state index contributed by atoms with van der Waals surface area (Å²) in [5.41, 5.74) is 4.99. The summed E-state index contributed by atoms with van der Waals surface area (Å²) in [6.45, 7) is 4.19. The highest BCUT2D eigenvalue weighted by Gasteiger charge is 2.10. The average Bonchev–Trinajstić information content (AvgIpc) is 3.06. The Balaban J connectivity index is 1.56. The van der Waals surface area contributed by atoms with Gasteiger partial charge in [0, 0.05) is 16.8 Å². The minimum atomic E-state index is -0.514. The van der Waals surface area contributed by atoms with E-state index in [2.05, 4.69) is 42.3 Å². The van der Waals surface area contributed by atoms with Gasteiger partial charge < -0.3 is 5.32 Å². The van der Waals surface area contributed by atoms with Crippen LogP contribution in [0, 0.1) is 19.7 Å². The molecular formula is C20H18ClFN2OS2. The molecule has 0 atom stereocenters. The van der Waals surface area contributed by atoms with Crippen molar-refractivity contribution in [2.75, 3.05) is 5.32 Å². The molecule has 3 nitrogen and oxygen atoms in total. The highest BCUT2D eigenvalue weighted by molar-refractivity contribution is 8.00. The number of amides is 1. The van der Waals surface area contributed by atoms with Crippen LogP contribution in [0.2, 0.25) is 5.02 Å². The summed E-state index contributed by atoms with van der Waals surface area (Å²) >= 11 is 8.93. The van der Waals surface area contributed by atoms with Crippen LogP contribution in [0.3, 0.4) is 0 Å². The minimum Gasteiger partial charge on any atom is -0.326 e. The third kappa shape index (κ3) is 5.54. The number of carbonyl (C=O) groups is 1. The van der Waals surface area contributed by atoms with E-state index in [9.17, 15) is 9.18 Å². The molecule has 1 amide bonds. The van der Waals surface area contributed by atoms with E-state index in [0.717, 1.165) is 10.1 Å². The lowest BCUT2D eigenvalue weighted by molar-refractivity contribution is -0.115. The molecule has 140 valence electrons. The van der Waals surface area contributed by atoms with Crippen molar-refractivity contribution >= 4 is 46.3 Å². The van der Waals surface area contributed by atoms with Crippen LogP contribution in [0.1, 0.15) is 22.4 Å². The number of aryl methyl sites for hydroxylation is 2. The summed E-state index contributed by atoms with van der Waals surface area (Å²) in [6.07, 6.45) is 0.162. The largest absolute Gasteiger partial charge is 0.326 e. The lowest BCUT2D eigenvalue weighted by Gasteiger charge is -2.05.